The number of phenols is 2. The summed E-state index contributed by atoms with van der Waals surface area (Å²) in [5.74, 6) is 2.51. The molecule has 2 aromatic heterocycles. The number of imidazole rings is 1. The van der Waals surface area contributed by atoms with E-state index in [0.717, 1.165) is 65.9 Å². The normalized spacial score (nSPS) is 15.6. The van der Waals surface area contributed by atoms with E-state index >= 15 is 0 Å². The van der Waals surface area contributed by atoms with E-state index in [2.05, 4.69) is 70.8 Å². The van der Waals surface area contributed by atoms with Gasteiger partial charge in [0.15, 0.2) is 23.0 Å². The van der Waals surface area contributed by atoms with Crippen LogP contribution >= 0.6 is 11.3 Å². The van der Waals surface area contributed by atoms with Gasteiger partial charge in [-0.05, 0) is 111 Å². The van der Waals surface area contributed by atoms with Crippen molar-refractivity contribution in [2.24, 2.45) is 4.99 Å². The number of benzene rings is 4. The second kappa shape index (κ2) is 17.6. The first-order chi connectivity index (χ1) is 28.4. The number of ether oxygens (including phenoxy) is 4. The quantitative estimate of drug-likeness (QED) is 0.119. The van der Waals surface area contributed by atoms with Crippen LogP contribution < -0.4 is 18.9 Å². The molecule has 2 saturated carbocycles. The average molecular weight is 796 g/mol. The van der Waals surface area contributed by atoms with E-state index < -0.39 is 0 Å². The molecule has 2 aliphatic carbocycles. The van der Waals surface area contributed by atoms with E-state index in [1.165, 1.54) is 61.5 Å². The lowest BCUT2D eigenvalue weighted by atomic mass is 9.97. The first kappa shape index (κ1) is 38.9. The number of aromatic hydroxyl groups is 2. The topological polar surface area (TPSA) is 118 Å². The number of aromatic amines is 1. The molecule has 0 unspecified atom stereocenters. The summed E-state index contributed by atoms with van der Waals surface area (Å²) in [7, 11) is 3.00. The zero-order valence-corrected chi connectivity index (χ0v) is 34.0. The number of hydrogen-bond donors (Lipinski definition) is 3. The highest BCUT2D eigenvalue weighted by Crippen LogP contribution is 2.45. The molecular formula is C48H49N3O6S. The molecule has 0 atom stereocenters. The van der Waals surface area contributed by atoms with Gasteiger partial charge in [0.2, 0.25) is 11.5 Å². The van der Waals surface area contributed by atoms with Gasteiger partial charge in [-0.1, -0.05) is 66.2 Å². The Hall–Kier alpha value is -6.00. The number of aryl methyl sites for hydroxylation is 1. The van der Waals surface area contributed by atoms with Crippen LogP contribution in [0, 0.1) is 6.92 Å². The Morgan fingerprint density at radius 3 is 1.81 bits per heavy atom. The Morgan fingerprint density at radius 2 is 1.24 bits per heavy atom. The van der Waals surface area contributed by atoms with E-state index in [-0.39, 0.29) is 23.7 Å². The summed E-state index contributed by atoms with van der Waals surface area (Å²) in [4.78, 5) is 14.0. The molecule has 298 valence electrons. The molecule has 58 heavy (non-hydrogen) atoms. The van der Waals surface area contributed by atoms with E-state index in [9.17, 15) is 10.2 Å². The van der Waals surface area contributed by atoms with Crippen LogP contribution in [-0.4, -0.2) is 52.3 Å². The third kappa shape index (κ3) is 8.62. The first-order valence-corrected chi connectivity index (χ1v) is 20.9. The molecule has 10 heteroatoms. The van der Waals surface area contributed by atoms with Crippen LogP contribution in [0.4, 0.5) is 0 Å². The number of allylic oxidation sites excluding steroid dienone is 1. The molecule has 1 aliphatic heterocycles. The fourth-order valence-electron chi connectivity index (χ4n) is 7.83. The van der Waals surface area contributed by atoms with E-state index in [4.69, 9.17) is 23.9 Å². The molecule has 0 saturated heterocycles. The van der Waals surface area contributed by atoms with Crippen molar-refractivity contribution in [1.82, 2.24) is 9.97 Å². The smallest absolute Gasteiger partial charge is 0.200 e. The second-order valence-electron chi connectivity index (χ2n) is 15.0. The van der Waals surface area contributed by atoms with Gasteiger partial charge in [0.25, 0.3) is 0 Å². The molecule has 4 aromatic carbocycles. The summed E-state index contributed by atoms with van der Waals surface area (Å²) in [5.41, 5.74) is 9.37. The monoisotopic (exact) mass is 795 g/mol. The van der Waals surface area contributed by atoms with E-state index in [0.29, 0.717) is 28.8 Å². The number of nitrogens with one attached hydrogen (secondary N) is 1. The zero-order chi connectivity index (χ0) is 40.0. The Morgan fingerprint density at radius 1 is 0.655 bits per heavy atom. The zero-order valence-electron chi connectivity index (χ0n) is 33.2. The molecular weight excluding hydrogens is 747 g/mol. The molecule has 0 amide bonds. The van der Waals surface area contributed by atoms with Gasteiger partial charge in [-0.3, -0.25) is 4.99 Å². The van der Waals surface area contributed by atoms with Crippen molar-refractivity contribution in [2.45, 2.75) is 76.9 Å². The maximum Gasteiger partial charge on any atom is 0.200 e. The average Bonchev–Trinajstić information content (AvgIpc) is 4.11. The summed E-state index contributed by atoms with van der Waals surface area (Å²) in [6, 6.07) is 30.3. The number of rotatable bonds is 11. The van der Waals surface area contributed by atoms with Gasteiger partial charge < -0.3 is 34.1 Å². The lowest BCUT2D eigenvalue weighted by Gasteiger charge is -2.20. The van der Waals surface area contributed by atoms with Crippen molar-refractivity contribution in [2.75, 3.05) is 14.2 Å². The SMILES string of the molecule is COc1cc(-c2ncc(-c3ccc(C)cc3)[nH]2)cc(OC)c1O.Oc1c(OC2CCCC2)cc(C2=NC(c3cccs3)=C(c3ccccc3)C2)cc1OC1CCCC1. The number of nitrogens with zero attached hydrogens (tertiary/aromatic N) is 2. The Kier molecular flexibility index (Phi) is 11.8. The summed E-state index contributed by atoms with van der Waals surface area (Å²) in [5, 5.41) is 23.2. The van der Waals surface area contributed by atoms with Crippen LogP contribution in [0.25, 0.3) is 33.9 Å². The minimum Gasteiger partial charge on any atom is -0.502 e. The maximum absolute atomic E-state index is 11.1. The van der Waals surface area contributed by atoms with E-state index in [1.54, 1.807) is 29.7 Å². The fourth-order valence-corrected chi connectivity index (χ4v) is 8.57. The van der Waals surface area contributed by atoms with Crippen molar-refractivity contribution < 1.29 is 29.2 Å². The van der Waals surface area contributed by atoms with Crippen molar-refractivity contribution in [3.05, 3.63) is 124 Å². The van der Waals surface area contributed by atoms with Crippen molar-refractivity contribution >= 4 is 28.3 Å². The highest BCUT2D eigenvalue weighted by molar-refractivity contribution is 7.11. The van der Waals surface area contributed by atoms with Gasteiger partial charge >= 0.3 is 0 Å². The largest absolute Gasteiger partial charge is 0.502 e. The van der Waals surface area contributed by atoms with Crippen LogP contribution in [-0.2, 0) is 0 Å². The van der Waals surface area contributed by atoms with Gasteiger partial charge in [-0.2, -0.15) is 0 Å². The fraction of sp³-hybridized carbons (Fsp3) is 0.292. The van der Waals surface area contributed by atoms with Crippen molar-refractivity contribution in [3.63, 3.8) is 0 Å². The molecule has 9 nitrogen and oxygen atoms in total. The van der Waals surface area contributed by atoms with Crippen LogP contribution in [0.3, 0.4) is 0 Å². The number of H-pyrrole nitrogens is 1. The Bertz CT molecular complexity index is 2330. The molecule has 0 bridgehead atoms. The number of thiophene rings is 1. The lowest BCUT2D eigenvalue weighted by molar-refractivity contribution is 0.183. The minimum atomic E-state index is -0.0240. The predicted molar refractivity (Wildman–Crippen MR) is 232 cm³/mol. The molecule has 3 aliphatic rings. The van der Waals surface area contributed by atoms with E-state index in [1.807, 2.05) is 30.3 Å². The van der Waals surface area contributed by atoms with Crippen LogP contribution in [0.2, 0.25) is 0 Å². The van der Waals surface area contributed by atoms with Gasteiger partial charge in [0.05, 0.1) is 54.6 Å². The Balaban J connectivity index is 0.000000177. The standard InChI is InChI=1S/C30H31NO3S.C18H18N2O3/c32-30-26(33-22-11-4-5-12-22)17-21(18-27(30)34-23-13-6-7-14-23)25-19-24(20-9-2-1-3-10-20)29(31-25)28-15-8-16-35-28;1-11-4-6-12(7-5-11)14-10-19-18(20-14)13-8-15(22-2)17(21)16(9-13)23-3/h1-3,8-10,15-18,22-23,32H,4-7,11-14,19H2;4-10,21H,1-3H3,(H,19,20). The van der Waals surface area contributed by atoms with Crippen molar-refractivity contribution in [1.29, 1.82) is 0 Å². The Labute approximate surface area is 343 Å². The first-order valence-electron chi connectivity index (χ1n) is 20.0. The number of phenolic OH excluding ortho intramolecular Hbond substituents is 2. The molecule has 9 rings (SSSR count). The predicted octanol–water partition coefficient (Wildman–Crippen LogP) is 11.6. The third-order valence-electron chi connectivity index (χ3n) is 11.0. The number of aromatic nitrogens is 2. The highest BCUT2D eigenvalue weighted by Gasteiger charge is 2.27. The molecule has 6 aromatic rings. The van der Waals surface area contributed by atoms with Gasteiger partial charge in [0.1, 0.15) is 5.82 Å². The highest BCUT2D eigenvalue weighted by atomic mass is 32.1. The summed E-state index contributed by atoms with van der Waals surface area (Å²) >= 11 is 1.71. The summed E-state index contributed by atoms with van der Waals surface area (Å²) < 4.78 is 23.0. The molecule has 3 heterocycles. The third-order valence-corrected chi connectivity index (χ3v) is 11.9. The van der Waals surface area contributed by atoms with Crippen LogP contribution in [0.5, 0.6) is 34.5 Å². The maximum atomic E-state index is 11.1. The van der Waals surface area contributed by atoms with Gasteiger partial charge in [-0.25, -0.2) is 4.98 Å². The number of aliphatic imine (C=N–C) groups is 1. The number of hydrogen-bond acceptors (Lipinski definition) is 9. The van der Waals surface area contributed by atoms with Gasteiger partial charge in [-0.15, -0.1) is 11.3 Å². The minimum absolute atomic E-state index is 0.0240. The molecule has 0 spiro atoms. The molecule has 3 N–H and O–H groups in total. The summed E-state index contributed by atoms with van der Waals surface area (Å²) in [6.45, 7) is 2.05. The second-order valence-corrected chi connectivity index (χ2v) is 16.0. The van der Waals surface area contributed by atoms with Gasteiger partial charge in [0, 0.05) is 17.5 Å². The lowest BCUT2D eigenvalue weighted by Crippen LogP contribution is -2.14. The summed E-state index contributed by atoms with van der Waals surface area (Å²) in [6.07, 6.45) is 11.7. The van der Waals surface area contributed by atoms with Crippen LogP contribution in [0.15, 0.2) is 108 Å². The number of methoxy groups -OCH3 is 2. The van der Waals surface area contributed by atoms with Crippen molar-refractivity contribution in [3.8, 4) is 57.1 Å². The molecule has 2 fully saturated rings. The van der Waals surface area contributed by atoms with Crippen LogP contribution in [0.1, 0.15) is 79.4 Å². The molecule has 0 radical (unpaired) electrons.